The van der Waals surface area contributed by atoms with E-state index in [1.54, 1.807) is 30.7 Å². The number of phenolic OH excluding ortho intramolecular Hbond substituents is 1. The standard InChI is InChI=1S/C25H30N4O2S/c1-24-8-9-25(2,15-24)14-18(13-24)29(3)23-28-27-22(32-23)19-6-5-16(11-20(19)30)17-7-10-26-21(12-17)31-4/h5-7,10-12,18,30H,8-9,13-15H2,1-4H3/t18-,24-,25+. The van der Waals surface area contributed by atoms with Gasteiger partial charge in [-0.15, -0.1) is 10.2 Å². The number of ether oxygens (including phenoxy) is 1. The SMILES string of the molecule is COc1cc(-c2ccc(-c3nnc(N(C)[C@H]4C[C@]5(C)CC[C@](C)(C4)C5)s3)c(O)c2)ccn1. The topological polar surface area (TPSA) is 71.4 Å². The lowest BCUT2D eigenvalue weighted by molar-refractivity contribution is 0.148. The van der Waals surface area contributed by atoms with Gasteiger partial charge in [0.2, 0.25) is 11.0 Å². The first kappa shape index (κ1) is 21.2. The number of aromatic nitrogens is 3. The van der Waals surface area contributed by atoms with Crippen molar-refractivity contribution in [1.82, 2.24) is 15.2 Å². The van der Waals surface area contributed by atoms with Crippen molar-refractivity contribution in [3.05, 3.63) is 36.5 Å². The molecule has 2 saturated carbocycles. The van der Waals surface area contributed by atoms with Gasteiger partial charge in [-0.05, 0) is 72.3 Å². The highest BCUT2D eigenvalue weighted by atomic mass is 32.1. The highest BCUT2D eigenvalue weighted by Gasteiger charge is 2.50. The van der Waals surface area contributed by atoms with Gasteiger partial charge in [-0.1, -0.05) is 31.3 Å². The molecule has 0 spiro atoms. The van der Waals surface area contributed by atoms with E-state index in [1.165, 1.54) is 32.1 Å². The summed E-state index contributed by atoms with van der Waals surface area (Å²) in [6, 6.07) is 9.88. The summed E-state index contributed by atoms with van der Waals surface area (Å²) < 4.78 is 5.21. The van der Waals surface area contributed by atoms with E-state index in [1.807, 2.05) is 24.3 Å². The molecule has 0 saturated heterocycles. The first-order chi connectivity index (χ1) is 15.3. The Morgan fingerprint density at radius 2 is 1.78 bits per heavy atom. The maximum absolute atomic E-state index is 10.8. The smallest absolute Gasteiger partial charge is 0.213 e. The second-order valence-electron chi connectivity index (χ2n) is 10.2. The third-order valence-electron chi connectivity index (χ3n) is 7.41. The van der Waals surface area contributed by atoms with Crippen LogP contribution in [-0.2, 0) is 0 Å². The van der Waals surface area contributed by atoms with Crippen molar-refractivity contribution in [2.45, 2.75) is 52.0 Å². The third-order valence-corrected chi connectivity index (χ3v) is 8.46. The summed E-state index contributed by atoms with van der Waals surface area (Å²) in [5, 5.41) is 21.3. The van der Waals surface area contributed by atoms with E-state index in [9.17, 15) is 5.11 Å². The molecule has 1 aromatic carbocycles. The zero-order valence-electron chi connectivity index (χ0n) is 19.1. The van der Waals surface area contributed by atoms with Gasteiger partial charge in [-0.2, -0.15) is 0 Å². The van der Waals surface area contributed by atoms with E-state index in [4.69, 9.17) is 4.74 Å². The minimum absolute atomic E-state index is 0.194. The summed E-state index contributed by atoms with van der Waals surface area (Å²) in [6.45, 7) is 4.89. The van der Waals surface area contributed by atoms with E-state index in [0.717, 1.165) is 21.3 Å². The number of pyridine rings is 1. The van der Waals surface area contributed by atoms with E-state index < -0.39 is 0 Å². The molecule has 2 heterocycles. The zero-order chi connectivity index (χ0) is 22.5. The van der Waals surface area contributed by atoms with Crippen molar-refractivity contribution in [3.63, 3.8) is 0 Å². The fourth-order valence-electron chi connectivity index (χ4n) is 5.86. The van der Waals surface area contributed by atoms with Crippen LogP contribution in [0.2, 0.25) is 0 Å². The Hall–Kier alpha value is -2.67. The number of hydrogen-bond donors (Lipinski definition) is 1. The predicted molar refractivity (Wildman–Crippen MR) is 128 cm³/mol. The Morgan fingerprint density at radius 1 is 1.06 bits per heavy atom. The molecule has 7 heteroatoms. The summed E-state index contributed by atoms with van der Waals surface area (Å²) in [5.41, 5.74) is 3.43. The molecule has 2 aliphatic rings. The van der Waals surface area contributed by atoms with Crippen LogP contribution in [-0.4, -0.2) is 40.5 Å². The average molecular weight is 451 g/mol. The van der Waals surface area contributed by atoms with Crippen LogP contribution >= 0.6 is 11.3 Å². The van der Waals surface area contributed by atoms with Gasteiger partial charge in [0.15, 0.2) is 5.01 Å². The van der Waals surface area contributed by atoms with Gasteiger partial charge >= 0.3 is 0 Å². The number of benzene rings is 1. The van der Waals surface area contributed by atoms with Crippen LogP contribution in [0, 0.1) is 10.8 Å². The molecule has 0 unspecified atom stereocenters. The van der Waals surface area contributed by atoms with E-state index in [-0.39, 0.29) is 5.75 Å². The molecule has 168 valence electrons. The first-order valence-electron chi connectivity index (χ1n) is 11.2. The lowest BCUT2D eigenvalue weighted by Gasteiger charge is -2.43. The van der Waals surface area contributed by atoms with E-state index >= 15 is 0 Å². The minimum Gasteiger partial charge on any atom is -0.507 e. The normalized spacial score (nSPS) is 26.8. The number of nitrogens with zero attached hydrogens (tertiary/aromatic N) is 4. The predicted octanol–water partition coefficient (Wildman–Crippen LogP) is 5.78. The zero-order valence-corrected chi connectivity index (χ0v) is 19.9. The number of hydrogen-bond acceptors (Lipinski definition) is 7. The molecule has 2 aromatic heterocycles. The number of methoxy groups -OCH3 is 1. The van der Waals surface area contributed by atoms with Crippen LogP contribution in [0.15, 0.2) is 36.5 Å². The molecule has 5 rings (SSSR count). The molecule has 3 aromatic rings. The van der Waals surface area contributed by atoms with Crippen molar-refractivity contribution in [2.75, 3.05) is 19.1 Å². The summed E-state index contributed by atoms with van der Waals surface area (Å²) in [5.74, 6) is 0.737. The Kier molecular flexibility index (Phi) is 5.12. The largest absolute Gasteiger partial charge is 0.507 e. The van der Waals surface area contributed by atoms with Gasteiger partial charge in [-0.3, -0.25) is 0 Å². The van der Waals surface area contributed by atoms with Gasteiger partial charge in [0.1, 0.15) is 5.75 Å². The summed E-state index contributed by atoms with van der Waals surface area (Å²) in [7, 11) is 3.74. The quantitative estimate of drug-likeness (QED) is 0.532. The molecule has 0 amide bonds. The summed E-state index contributed by atoms with van der Waals surface area (Å²) in [6.07, 6.45) is 8.13. The van der Waals surface area contributed by atoms with E-state index in [0.29, 0.717) is 28.3 Å². The van der Waals surface area contributed by atoms with Crippen LogP contribution in [0.5, 0.6) is 11.6 Å². The Labute approximate surface area is 193 Å². The van der Waals surface area contributed by atoms with Gasteiger partial charge in [0.05, 0.1) is 12.7 Å². The molecular weight excluding hydrogens is 420 g/mol. The fourth-order valence-corrected chi connectivity index (χ4v) is 6.77. The Morgan fingerprint density at radius 3 is 2.47 bits per heavy atom. The van der Waals surface area contributed by atoms with Gasteiger partial charge < -0.3 is 14.7 Å². The fraction of sp³-hybridized carbons (Fsp3) is 0.480. The second kappa shape index (κ2) is 7.73. The van der Waals surface area contributed by atoms with Crippen LogP contribution < -0.4 is 9.64 Å². The van der Waals surface area contributed by atoms with Crippen molar-refractivity contribution >= 4 is 16.5 Å². The number of anilines is 1. The minimum atomic E-state index is 0.194. The highest BCUT2D eigenvalue weighted by Crippen LogP contribution is 2.59. The number of fused-ring (bicyclic) bond motifs is 2. The molecule has 2 bridgehead atoms. The molecule has 32 heavy (non-hydrogen) atoms. The van der Waals surface area contributed by atoms with Gasteiger partial charge in [-0.25, -0.2) is 4.98 Å². The van der Waals surface area contributed by atoms with Crippen LogP contribution in [0.1, 0.15) is 46.0 Å². The van der Waals surface area contributed by atoms with Crippen molar-refractivity contribution < 1.29 is 9.84 Å². The molecule has 0 radical (unpaired) electrons. The van der Waals surface area contributed by atoms with E-state index in [2.05, 4.69) is 41.0 Å². The summed E-state index contributed by atoms with van der Waals surface area (Å²) >= 11 is 1.54. The Bertz CT molecular complexity index is 1130. The van der Waals surface area contributed by atoms with Crippen molar-refractivity contribution in [1.29, 1.82) is 0 Å². The maximum atomic E-state index is 10.8. The van der Waals surface area contributed by atoms with Crippen LogP contribution in [0.25, 0.3) is 21.7 Å². The molecule has 2 fully saturated rings. The Balaban J connectivity index is 1.37. The van der Waals surface area contributed by atoms with Crippen LogP contribution in [0.3, 0.4) is 0 Å². The number of aromatic hydroxyl groups is 1. The summed E-state index contributed by atoms with van der Waals surface area (Å²) in [4.78, 5) is 6.46. The second-order valence-corrected chi connectivity index (χ2v) is 11.1. The first-order valence-corrected chi connectivity index (χ1v) is 12.0. The lowest BCUT2D eigenvalue weighted by Crippen LogP contribution is -2.42. The maximum Gasteiger partial charge on any atom is 0.213 e. The third kappa shape index (κ3) is 3.83. The molecule has 6 nitrogen and oxygen atoms in total. The lowest BCUT2D eigenvalue weighted by atomic mass is 9.68. The highest BCUT2D eigenvalue weighted by molar-refractivity contribution is 7.18. The van der Waals surface area contributed by atoms with Gasteiger partial charge in [0.25, 0.3) is 0 Å². The van der Waals surface area contributed by atoms with Crippen molar-refractivity contribution in [3.8, 4) is 33.3 Å². The van der Waals surface area contributed by atoms with Crippen molar-refractivity contribution in [2.24, 2.45) is 10.8 Å². The molecular formula is C25H30N4O2S. The number of rotatable bonds is 5. The molecule has 1 N–H and O–H groups in total. The molecule has 2 aliphatic carbocycles. The van der Waals surface area contributed by atoms with Crippen LogP contribution in [0.4, 0.5) is 5.13 Å². The number of phenols is 1. The molecule has 0 aliphatic heterocycles. The monoisotopic (exact) mass is 450 g/mol. The van der Waals surface area contributed by atoms with Gasteiger partial charge in [0, 0.05) is 25.4 Å². The average Bonchev–Trinajstić information content (AvgIpc) is 3.34. The molecule has 3 atom stereocenters.